The highest BCUT2D eigenvalue weighted by atomic mass is 19.1. The predicted octanol–water partition coefficient (Wildman–Crippen LogP) is 6.08. The fourth-order valence-electron chi connectivity index (χ4n) is 4.80. The van der Waals surface area contributed by atoms with Crippen LogP contribution in [0, 0.1) is 19.7 Å². The van der Waals surface area contributed by atoms with Crippen LogP contribution < -0.4 is 0 Å². The third-order valence-corrected chi connectivity index (χ3v) is 6.66. The van der Waals surface area contributed by atoms with E-state index in [4.69, 9.17) is 4.74 Å². The van der Waals surface area contributed by atoms with E-state index in [-0.39, 0.29) is 18.5 Å². The van der Waals surface area contributed by atoms with E-state index < -0.39 is 11.7 Å². The number of benzene rings is 2. The van der Waals surface area contributed by atoms with Crippen molar-refractivity contribution < 1.29 is 19.0 Å². The first-order chi connectivity index (χ1) is 16.3. The van der Waals surface area contributed by atoms with E-state index in [1.807, 2.05) is 32.9 Å². The molecule has 3 aromatic rings. The molecule has 1 saturated heterocycles. The van der Waals surface area contributed by atoms with E-state index in [9.17, 15) is 14.3 Å². The molecule has 0 saturated carbocycles. The van der Waals surface area contributed by atoms with Crippen LogP contribution in [0.1, 0.15) is 54.7 Å². The number of rotatable bonds is 7. The number of aryl methyl sites for hydroxylation is 2. The van der Waals surface area contributed by atoms with Crippen LogP contribution in [-0.4, -0.2) is 34.2 Å². The van der Waals surface area contributed by atoms with Crippen molar-refractivity contribution in [2.24, 2.45) is 0 Å². The molecule has 0 unspecified atom stereocenters. The molecule has 1 aliphatic heterocycles. The van der Waals surface area contributed by atoms with Gasteiger partial charge in [-0.2, -0.15) is 0 Å². The van der Waals surface area contributed by atoms with Crippen LogP contribution in [0.5, 0.6) is 0 Å². The molecule has 1 amide bonds. The number of carbonyl (C=O) groups is 1. The van der Waals surface area contributed by atoms with Crippen LogP contribution in [0.3, 0.4) is 0 Å². The molecule has 4 rings (SSSR count). The van der Waals surface area contributed by atoms with Crippen LogP contribution in [0.4, 0.5) is 9.18 Å². The van der Waals surface area contributed by atoms with Crippen LogP contribution >= 0.6 is 0 Å². The molecule has 0 radical (unpaired) electrons. The molecule has 2 heterocycles. The van der Waals surface area contributed by atoms with Crippen LogP contribution in [0.2, 0.25) is 0 Å². The SMILES string of the molecule is Cc1cc(-c2ccc([C@H](C)N3CC[C@](CCCO)(c4ccc(F)cc4)OC3=O)cc2)cc(C)n1. The lowest BCUT2D eigenvalue weighted by molar-refractivity contribution is -0.0680. The fourth-order valence-corrected chi connectivity index (χ4v) is 4.80. The average molecular weight is 463 g/mol. The minimum absolute atomic E-state index is 0.00346. The highest BCUT2D eigenvalue weighted by Gasteiger charge is 2.43. The van der Waals surface area contributed by atoms with E-state index in [1.165, 1.54) is 12.1 Å². The first-order valence-corrected chi connectivity index (χ1v) is 11.7. The minimum Gasteiger partial charge on any atom is -0.438 e. The number of halogens is 1. The summed E-state index contributed by atoms with van der Waals surface area (Å²) >= 11 is 0. The molecule has 0 bridgehead atoms. The molecule has 0 aliphatic carbocycles. The topological polar surface area (TPSA) is 62.7 Å². The molecule has 1 aliphatic rings. The largest absolute Gasteiger partial charge is 0.438 e. The van der Waals surface area contributed by atoms with Gasteiger partial charge >= 0.3 is 6.09 Å². The lowest BCUT2D eigenvalue weighted by Crippen LogP contribution is -2.48. The maximum absolute atomic E-state index is 13.5. The van der Waals surface area contributed by atoms with Crippen molar-refractivity contribution in [1.29, 1.82) is 0 Å². The molecule has 34 heavy (non-hydrogen) atoms. The summed E-state index contributed by atoms with van der Waals surface area (Å²) in [6.07, 6.45) is 1.16. The van der Waals surface area contributed by atoms with Gasteiger partial charge in [0.05, 0.1) is 6.04 Å². The zero-order chi connectivity index (χ0) is 24.3. The number of aromatic nitrogens is 1. The molecular weight excluding hydrogens is 431 g/mol. The molecule has 5 nitrogen and oxygen atoms in total. The van der Waals surface area contributed by atoms with Crippen LogP contribution in [0.25, 0.3) is 11.1 Å². The second-order valence-corrected chi connectivity index (χ2v) is 9.08. The van der Waals surface area contributed by atoms with Crippen molar-refractivity contribution in [3.63, 3.8) is 0 Å². The lowest BCUT2D eigenvalue weighted by atomic mass is 9.84. The third kappa shape index (κ3) is 4.97. The number of ether oxygens (including phenoxy) is 1. The zero-order valence-corrected chi connectivity index (χ0v) is 19.9. The smallest absolute Gasteiger partial charge is 0.411 e. The molecular formula is C28H31FN2O3. The van der Waals surface area contributed by atoms with Gasteiger partial charge in [-0.25, -0.2) is 9.18 Å². The van der Waals surface area contributed by atoms with E-state index in [2.05, 4.69) is 29.2 Å². The first-order valence-electron chi connectivity index (χ1n) is 11.7. The summed E-state index contributed by atoms with van der Waals surface area (Å²) in [5.41, 5.74) is 5.11. The molecule has 1 fully saturated rings. The van der Waals surface area contributed by atoms with Gasteiger partial charge in [-0.05, 0) is 80.1 Å². The number of aliphatic hydroxyl groups is 1. The van der Waals surface area contributed by atoms with Gasteiger partial charge in [-0.15, -0.1) is 0 Å². The summed E-state index contributed by atoms with van der Waals surface area (Å²) in [5, 5.41) is 9.38. The van der Waals surface area contributed by atoms with Crippen molar-refractivity contribution in [2.75, 3.05) is 13.2 Å². The number of hydrogen-bond acceptors (Lipinski definition) is 4. The summed E-state index contributed by atoms with van der Waals surface area (Å²) < 4.78 is 19.5. The fraction of sp³-hybridized carbons (Fsp3) is 0.357. The van der Waals surface area contributed by atoms with E-state index in [0.717, 1.165) is 33.6 Å². The van der Waals surface area contributed by atoms with Gasteiger partial charge < -0.3 is 14.7 Å². The van der Waals surface area contributed by atoms with E-state index >= 15 is 0 Å². The van der Waals surface area contributed by atoms with Crippen molar-refractivity contribution in [3.05, 3.63) is 89.0 Å². The Bertz CT molecular complexity index is 1130. The van der Waals surface area contributed by atoms with Crippen molar-refractivity contribution in [3.8, 4) is 11.1 Å². The first kappa shape index (κ1) is 23.9. The highest BCUT2D eigenvalue weighted by molar-refractivity contribution is 5.70. The molecule has 178 valence electrons. The summed E-state index contributed by atoms with van der Waals surface area (Å²) in [6.45, 7) is 6.48. The van der Waals surface area contributed by atoms with E-state index in [1.54, 1.807) is 17.0 Å². The maximum Gasteiger partial charge on any atom is 0.411 e. The number of cyclic esters (lactones) is 1. The Labute approximate surface area is 200 Å². The monoisotopic (exact) mass is 462 g/mol. The molecule has 2 atom stereocenters. The Morgan fingerprint density at radius 3 is 2.29 bits per heavy atom. The Kier molecular flexibility index (Phi) is 6.98. The number of carbonyl (C=O) groups excluding carboxylic acids is 1. The quantitative estimate of drug-likeness (QED) is 0.462. The number of nitrogens with zero attached hydrogens (tertiary/aromatic N) is 2. The number of amides is 1. The molecule has 2 aromatic carbocycles. The van der Waals surface area contributed by atoms with E-state index in [0.29, 0.717) is 25.8 Å². The Morgan fingerprint density at radius 2 is 1.71 bits per heavy atom. The molecule has 1 aromatic heterocycles. The highest BCUT2D eigenvalue weighted by Crippen LogP contribution is 2.40. The second kappa shape index (κ2) is 9.94. The average Bonchev–Trinajstić information content (AvgIpc) is 2.82. The van der Waals surface area contributed by atoms with Gasteiger partial charge in [0, 0.05) is 31.0 Å². The molecule has 0 spiro atoms. The van der Waals surface area contributed by atoms with Crippen LogP contribution in [0.15, 0.2) is 60.7 Å². The molecule has 1 N–H and O–H groups in total. The summed E-state index contributed by atoms with van der Waals surface area (Å²) in [5.74, 6) is -0.334. The predicted molar refractivity (Wildman–Crippen MR) is 130 cm³/mol. The standard InChI is InChI=1S/C28H31FN2O3/c1-19-17-24(18-20(2)30-19)23-7-5-22(6-8-23)21(3)31-15-14-28(13-4-16-32,34-27(31)33)25-9-11-26(29)12-10-25/h5-12,17-18,21,32H,4,13-16H2,1-3H3/t21-,28+/m0/s1. The maximum atomic E-state index is 13.5. The molecule has 6 heteroatoms. The number of pyridine rings is 1. The minimum atomic E-state index is -0.856. The Hall–Kier alpha value is -3.25. The van der Waals surface area contributed by atoms with Crippen molar-refractivity contribution in [2.45, 2.75) is 51.7 Å². The van der Waals surface area contributed by atoms with Gasteiger partial charge in [-0.1, -0.05) is 36.4 Å². The Morgan fingerprint density at radius 1 is 1.06 bits per heavy atom. The zero-order valence-electron chi connectivity index (χ0n) is 19.9. The van der Waals surface area contributed by atoms with Gasteiger partial charge in [0.25, 0.3) is 0 Å². The summed E-state index contributed by atoms with van der Waals surface area (Å²) in [6, 6.07) is 18.3. The number of aliphatic hydroxyl groups excluding tert-OH is 1. The van der Waals surface area contributed by atoms with Crippen molar-refractivity contribution in [1.82, 2.24) is 9.88 Å². The normalized spacial score (nSPS) is 19.1. The second-order valence-electron chi connectivity index (χ2n) is 9.08. The summed E-state index contributed by atoms with van der Waals surface area (Å²) in [4.78, 5) is 19.3. The van der Waals surface area contributed by atoms with Crippen LogP contribution in [-0.2, 0) is 10.3 Å². The third-order valence-electron chi connectivity index (χ3n) is 6.66. The van der Waals surface area contributed by atoms with Crippen molar-refractivity contribution >= 4 is 6.09 Å². The lowest BCUT2D eigenvalue weighted by Gasteiger charge is -2.43. The van der Waals surface area contributed by atoms with Gasteiger partial charge in [0.2, 0.25) is 0 Å². The Balaban J connectivity index is 1.52. The van der Waals surface area contributed by atoms with Gasteiger partial charge in [0.15, 0.2) is 0 Å². The van der Waals surface area contributed by atoms with Gasteiger partial charge in [-0.3, -0.25) is 4.98 Å². The van der Waals surface area contributed by atoms with Gasteiger partial charge in [0.1, 0.15) is 11.4 Å². The summed E-state index contributed by atoms with van der Waals surface area (Å²) in [7, 11) is 0. The number of hydrogen-bond donors (Lipinski definition) is 1.